The molecule has 7 heteroatoms. The Bertz CT molecular complexity index is 379. The van der Waals surface area contributed by atoms with Crippen LogP contribution in [0.2, 0.25) is 0 Å². The minimum Gasteiger partial charge on any atom is -0.263 e. The Balaban J connectivity index is 2.18. The zero-order valence-electron chi connectivity index (χ0n) is 7.19. The highest BCUT2D eigenvalue weighted by Crippen LogP contribution is 2.29. The van der Waals surface area contributed by atoms with Crippen molar-refractivity contribution in [3.8, 4) is 0 Å². The Morgan fingerprint density at radius 1 is 1.71 bits per heavy atom. The Kier molecular flexibility index (Phi) is 1.89. The predicted octanol–water partition coefficient (Wildman–Crippen LogP) is 1.88. The number of azide groups is 1. The zero-order chi connectivity index (χ0) is 10.2. The molecule has 5 nitrogen and oxygen atoms in total. The van der Waals surface area contributed by atoms with E-state index in [0.29, 0.717) is 11.4 Å². The number of hydrogen-bond donors (Lipinski definition) is 0. The van der Waals surface area contributed by atoms with E-state index in [-0.39, 0.29) is 19.5 Å². The summed E-state index contributed by atoms with van der Waals surface area (Å²) in [7, 11) is 0. The largest absolute Gasteiger partial charge is 0.272 e. The topological polar surface area (TPSA) is 66.6 Å². The molecule has 0 aliphatic carbocycles. The van der Waals surface area contributed by atoms with Crippen LogP contribution in [0.5, 0.6) is 0 Å². The van der Waals surface area contributed by atoms with Crippen molar-refractivity contribution in [2.75, 3.05) is 0 Å². The van der Waals surface area contributed by atoms with Crippen LogP contribution in [0.15, 0.2) is 11.2 Å². The van der Waals surface area contributed by atoms with Crippen molar-refractivity contribution >= 4 is 0 Å². The first kappa shape index (κ1) is 8.96. The fourth-order valence-electron chi connectivity index (χ4n) is 1.52. The van der Waals surface area contributed by atoms with Crippen molar-refractivity contribution in [1.29, 1.82) is 0 Å². The highest BCUT2D eigenvalue weighted by molar-refractivity contribution is 5.15. The van der Waals surface area contributed by atoms with E-state index in [1.54, 1.807) is 6.07 Å². The average molecular weight is 199 g/mol. The van der Waals surface area contributed by atoms with Crippen LogP contribution in [0.1, 0.15) is 11.4 Å². The van der Waals surface area contributed by atoms with Crippen LogP contribution in [0.3, 0.4) is 0 Å². The van der Waals surface area contributed by atoms with Crippen LogP contribution >= 0.6 is 0 Å². The van der Waals surface area contributed by atoms with Gasteiger partial charge in [0.2, 0.25) is 0 Å². The van der Waals surface area contributed by atoms with Crippen molar-refractivity contribution in [3.63, 3.8) is 0 Å². The van der Waals surface area contributed by atoms with Gasteiger partial charge in [0.05, 0.1) is 18.7 Å². The highest BCUT2D eigenvalue weighted by Gasteiger charge is 2.38. The summed E-state index contributed by atoms with van der Waals surface area (Å²) < 4.78 is 26.9. The number of hydrogen-bond acceptors (Lipinski definition) is 2. The Labute approximate surface area is 78.0 Å². The molecule has 0 fully saturated rings. The molecule has 0 spiro atoms. The van der Waals surface area contributed by atoms with Gasteiger partial charge in [0.1, 0.15) is 6.54 Å². The summed E-state index contributed by atoms with van der Waals surface area (Å²) >= 11 is 0. The van der Waals surface area contributed by atoms with E-state index in [9.17, 15) is 8.78 Å². The minimum absolute atomic E-state index is 0.113. The molecule has 14 heavy (non-hydrogen) atoms. The van der Waals surface area contributed by atoms with Gasteiger partial charge in [0, 0.05) is 10.6 Å². The van der Waals surface area contributed by atoms with Gasteiger partial charge < -0.3 is 0 Å². The maximum absolute atomic E-state index is 12.8. The third-order valence-corrected chi connectivity index (χ3v) is 2.03. The first-order valence-corrected chi connectivity index (χ1v) is 4.05. The summed E-state index contributed by atoms with van der Waals surface area (Å²) in [6, 6.07) is 1.55. The van der Waals surface area contributed by atoms with Gasteiger partial charge in [-0.2, -0.15) is 5.10 Å². The molecule has 1 aliphatic rings. The van der Waals surface area contributed by atoms with Crippen LogP contribution < -0.4 is 0 Å². The van der Waals surface area contributed by atoms with Crippen LogP contribution in [0.4, 0.5) is 8.78 Å². The molecule has 0 aromatic carbocycles. The lowest BCUT2D eigenvalue weighted by atomic mass is 10.2. The fourth-order valence-corrected chi connectivity index (χ4v) is 1.52. The number of halogens is 2. The second-order valence-corrected chi connectivity index (χ2v) is 3.21. The van der Waals surface area contributed by atoms with Gasteiger partial charge in [-0.15, -0.1) is 0 Å². The molecule has 0 bridgehead atoms. The summed E-state index contributed by atoms with van der Waals surface area (Å²) in [5.41, 5.74) is 9.10. The third-order valence-electron chi connectivity index (χ3n) is 2.03. The molecule has 2 heterocycles. The van der Waals surface area contributed by atoms with E-state index >= 15 is 0 Å². The number of alkyl halides is 2. The summed E-state index contributed by atoms with van der Waals surface area (Å²) in [5, 5.41) is 7.20. The van der Waals surface area contributed by atoms with Crippen molar-refractivity contribution in [1.82, 2.24) is 9.78 Å². The molecule has 0 unspecified atom stereocenters. The molecule has 0 N–H and O–H groups in total. The summed E-state index contributed by atoms with van der Waals surface area (Å²) in [6.45, 7) is -0.263. The van der Waals surface area contributed by atoms with Crippen molar-refractivity contribution in [2.24, 2.45) is 5.11 Å². The molecule has 1 aromatic rings. The number of rotatable bonds is 2. The van der Waals surface area contributed by atoms with Crippen molar-refractivity contribution in [2.45, 2.75) is 25.4 Å². The first-order valence-electron chi connectivity index (χ1n) is 4.05. The maximum atomic E-state index is 12.8. The summed E-state index contributed by atoms with van der Waals surface area (Å²) in [6.07, 6.45) is -0.281. The maximum Gasteiger partial charge on any atom is 0.272 e. The fraction of sp³-hybridized carbons (Fsp3) is 0.571. The van der Waals surface area contributed by atoms with E-state index in [2.05, 4.69) is 15.1 Å². The molecular weight excluding hydrogens is 192 g/mol. The van der Waals surface area contributed by atoms with Gasteiger partial charge in [-0.3, -0.25) is 4.68 Å². The minimum atomic E-state index is -2.68. The van der Waals surface area contributed by atoms with Crippen LogP contribution in [0, 0.1) is 0 Å². The Morgan fingerprint density at radius 3 is 3.14 bits per heavy atom. The highest BCUT2D eigenvalue weighted by atomic mass is 19.3. The summed E-state index contributed by atoms with van der Waals surface area (Å²) in [4.78, 5) is 2.57. The van der Waals surface area contributed by atoms with Gasteiger partial charge in [0.15, 0.2) is 0 Å². The van der Waals surface area contributed by atoms with E-state index in [4.69, 9.17) is 5.53 Å². The molecule has 74 valence electrons. The molecule has 0 saturated carbocycles. The SMILES string of the molecule is [N-]=[N+]=NCc1cc2n(n1)CC(F)(F)C2. The van der Waals surface area contributed by atoms with Crippen LogP contribution in [-0.2, 0) is 19.5 Å². The smallest absolute Gasteiger partial charge is 0.263 e. The molecule has 1 aliphatic heterocycles. The molecule has 0 radical (unpaired) electrons. The molecule has 2 rings (SSSR count). The molecule has 0 amide bonds. The van der Waals surface area contributed by atoms with Gasteiger partial charge in [0.25, 0.3) is 5.92 Å². The van der Waals surface area contributed by atoms with E-state index in [1.165, 1.54) is 4.68 Å². The predicted molar refractivity (Wildman–Crippen MR) is 43.7 cm³/mol. The van der Waals surface area contributed by atoms with Crippen molar-refractivity contribution in [3.05, 3.63) is 27.9 Å². The summed E-state index contributed by atoms with van der Waals surface area (Å²) in [5.74, 6) is -2.68. The van der Waals surface area contributed by atoms with Gasteiger partial charge >= 0.3 is 0 Å². The van der Waals surface area contributed by atoms with E-state index < -0.39 is 5.92 Å². The molecule has 1 aromatic heterocycles. The third kappa shape index (κ3) is 1.54. The van der Waals surface area contributed by atoms with E-state index in [0.717, 1.165) is 0 Å². The number of fused-ring (bicyclic) bond motifs is 1. The zero-order valence-corrected chi connectivity index (χ0v) is 7.19. The average Bonchev–Trinajstić information content (AvgIpc) is 2.53. The monoisotopic (exact) mass is 199 g/mol. The van der Waals surface area contributed by atoms with Gasteiger partial charge in [-0.05, 0) is 11.6 Å². The second-order valence-electron chi connectivity index (χ2n) is 3.21. The lowest BCUT2D eigenvalue weighted by molar-refractivity contribution is 0.000879. The number of aromatic nitrogens is 2. The first-order chi connectivity index (χ1) is 6.61. The Hall–Kier alpha value is -1.62. The van der Waals surface area contributed by atoms with Crippen LogP contribution in [-0.4, -0.2) is 15.7 Å². The Morgan fingerprint density at radius 2 is 2.50 bits per heavy atom. The van der Waals surface area contributed by atoms with Crippen molar-refractivity contribution < 1.29 is 8.78 Å². The standard InChI is InChI=1S/C7H7F2N5/c8-7(9)2-6-1-5(3-11-13-10)12-14(6)4-7/h1H,2-4H2. The number of nitrogens with zero attached hydrogens (tertiary/aromatic N) is 5. The molecule has 0 saturated heterocycles. The van der Waals surface area contributed by atoms with Gasteiger partial charge in [-0.25, -0.2) is 8.78 Å². The quantitative estimate of drug-likeness (QED) is 0.407. The van der Waals surface area contributed by atoms with Crippen LogP contribution in [0.25, 0.3) is 10.4 Å². The lowest BCUT2D eigenvalue weighted by Gasteiger charge is -2.04. The normalized spacial score (nSPS) is 17.6. The lowest BCUT2D eigenvalue weighted by Crippen LogP contribution is -2.17. The molecule has 0 atom stereocenters. The van der Waals surface area contributed by atoms with E-state index in [1.807, 2.05) is 0 Å². The molecular formula is C7H7F2N5. The second kappa shape index (κ2) is 2.95. The van der Waals surface area contributed by atoms with Gasteiger partial charge in [-0.1, -0.05) is 5.11 Å².